The molecule has 15 heavy (non-hydrogen) atoms. The largest absolute Gasteiger partial charge is 0.508 e. The molecule has 0 aromatic heterocycles. The lowest BCUT2D eigenvalue weighted by Crippen LogP contribution is -1.97. The second-order valence-corrected chi connectivity index (χ2v) is 3.15. The highest BCUT2D eigenvalue weighted by Crippen LogP contribution is 2.18. The molecule has 0 saturated heterocycles. The monoisotopic (exact) mass is 204 g/mol. The van der Waals surface area contributed by atoms with Crippen LogP contribution < -0.4 is 0 Å². The molecule has 0 bridgehead atoms. The molecular weight excluding hydrogens is 192 g/mol. The van der Waals surface area contributed by atoms with E-state index >= 15 is 0 Å². The van der Waals surface area contributed by atoms with Crippen LogP contribution in [-0.4, -0.2) is 16.2 Å². The minimum Gasteiger partial charge on any atom is -0.508 e. The normalized spacial score (nSPS) is 11.1. The number of phenols is 1. The Bertz CT molecular complexity index is 430. The number of aryl methyl sites for hydroxylation is 1. The van der Waals surface area contributed by atoms with Gasteiger partial charge in [0.2, 0.25) is 0 Å². The standard InChI is InChI=1S/C12H12O3/c1-3-9(12(14)15)7-10-4-5-11(13)6-8(10)2/h3-7,13H,1H2,2H3,(H,14,15)/b9-7+. The first-order chi connectivity index (χ1) is 7.04. The lowest BCUT2D eigenvalue weighted by molar-refractivity contribution is -0.132. The van der Waals surface area contributed by atoms with Gasteiger partial charge in [-0.05, 0) is 36.3 Å². The number of aromatic hydroxyl groups is 1. The van der Waals surface area contributed by atoms with Crippen molar-refractivity contribution in [3.8, 4) is 5.75 Å². The zero-order chi connectivity index (χ0) is 11.4. The number of hydrogen-bond donors (Lipinski definition) is 2. The van der Waals surface area contributed by atoms with Gasteiger partial charge in [-0.15, -0.1) is 0 Å². The molecule has 0 aliphatic rings. The number of rotatable bonds is 3. The molecule has 0 heterocycles. The zero-order valence-corrected chi connectivity index (χ0v) is 8.40. The van der Waals surface area contributed by atoms with Crippen molar-refractivity contribution in [3.63, 3.8) is 0 Å². The quantitative estimate of drug-likeness (QED) is 0.587. The van der Waals surface area contributed by atoms with Crippen LogP contribution in [0.4, 0.5) is 0 Å². The maximum atomic E-state index is 10.7. The molecule has 0 spiro atoms. The van der Waals surface area contributed by atoms with Gasteiger partial charge in [-0.2, -0.15) is 0 Å². The van der Waals surface area contributed by atoms with E-state index in [1.807, 2.05) is 0 Å². The van der Waals surface area contributed by atoms with Gasteiger partial charge in [-0.1, -0.05) is 18.7 Å². The number of carboxylic acids is 1. The van der Waals surface area contributed by atoms with Gasteiger partial charge >= 0.3 is 5.97 Å². The summed E-state index contributed by atoms with van der Waals surface area (Å²) < 4.78 is 0. The molecule has 3 nitrogen and oxygen atoms in total. The molecule has 78 valence electrons. The highest BCUT2D eigenvalue weighted by atomic mass is 16.4. The number of hydrogen-bond acceptors (Lipinski definition) is 2. The van der Waals surface area contributed by atoms with Gasteiger partial charge in [0.25, 0.3) is 0 Å². The Hall–Kier alpha value is -2.03. The third-order valence-electron chi connectivity index (χ3n) is 2.03. The Kier molecular flexibility index (Phi) is 3.29. The summed E-state index contributed by atoms with van der Waals surface area (Å²) in [6, 6.07) is 4.76. The fraction of sp³-hybridized carbons (Fsp3) is 0.0833. The molecule has 0 aliphatic carbocycles. The minimum absolute atomic E-state index is 0.129. The van der Waals surface area contributed by atoms with Gasteiger partial charge in [0.15, 0.2) is 0 Å². The van der Waals surface area contributed by atoms with E-state index in [1.165, 1.54) is 18.2 Å². The first-order valence-electron chi connectivity index (χ1n) is 4.41. The van der Waals surface area contributed by atoms with E-state index in [4.69, 9.17) is 5.11 Å². The number of aliphatic carboxylic acids is 1. The first kappa shape index (κ1) is 11.0. The van der Waals surface area contributed by atoms with Crippen LogP contribution in [0.2, 0.25) is 0 Å². The predicted molar refractivity (Wildman–Crippen MR) is 58.7 cm³/mol. The fourth-order valence-corrected chi connectivity index (χ4v) is 1.20. The summed E-state index contributed by atoms with van der Waals surface area (Å²) in [5.41, 5.74) is 1.70. The van der Waals surface area contributed by atoms with Gasteiger partial charge in [0, 0.05) is 0 Å². The average Bonchev–Trinajstić information content (AvgIpc) is 2.16. The SMILES string of the molecule is C=C/C(=C\c1ccc(O)cc1C)C(=O)O. The predicted octanol–water partition coefficient (Wildman–Crippen LogP) is 2.35. The van der Waals surface area contributed by atoms with E-state index in [1.54, 1.807) is 19.1 Å². The summed E-state index contributed by atoms with van der Waals surface area (Å²) in [7, 11) is 0. The van der Waals surface area contributed by atoms with Gasteiger partial charge in [0.05, 0.1) is 5.57 Å². The van der Waals surface area contributed by atoms with Gasteiger partial charge in [-0.25, -0.2) is 4.79 Å². The third-order valence-corrected chi connectivity index (χ3v) is 2.03. The Morgan fingerprint density at radius 2 is 2.13 bits per heavy atom. The van der Waals surface area contributed by atoms with Gasteiger partial charge in [0.1, 0.15) is 5.75 Å². The molecule has 1 aromatic rings. The highest BCUT2D eigenvalue weighted by Gasteiger charge is 2.03. The molecule has 0 fully saturated rings. The molecule has 0 radical (unpaired) electrons. The molecule has 1 aromatic carbocycles. The summed E-state index contributed by atoms with van der Waals surface area (Å²) in [5, 5.41) is 18.0. The van der Waals surface area contributed by atoms with Crippen molar-refractivity contribution in [1.82, 2.24) is 0 Å². The van der Waals surface area contributed by atoms with Crippen LogP contribution >= 0.6 is 0 Å². The molecule has 0 unspecified atom stereocenters. The highest BCUT2D eigenvalue weighted by molar-refractivity contribution is 5.95. The average molecular weight is 204 g/mol. The van der Waals surface area contributed by atoms with Gasteiger partial charge in [-0.3, -0.25) is 0 Å². The molecule has 0 aliphatic heterocycles. The van der Waals surface area contributed by atoms with E-state index in [2.05, 4.69) is 6.58 Å². The number of benzene rings is 1. The van der Waals surface area contributed by atoms with Crippen LogP contribution in [0.3, 0.4) is 0 Å². The number of carboxylic acid groups (broad SMARTS) is 1. The Labute approximate surface area is 88.0 Å². The second-order valence-electron chi connectivity index (χ2n) is 3.15. The molecule has 2 N–H and O–H groups in total. The smallest absolute Gasteiger partial charge is 0.335 e. The van der Waals surface area contributed by atoms with Crippen molar-refractivity contribution < 1.29 is 15.0 Å². The first-order valence-corrected chi connectivity index (χ1v) is 4.41. The van der Waals surface area contributed by atoms with E-state index in [-0.39, 0.29) is 11.3 Å². The lowest BCUT2D eigenvalue weighted by Gasteiger charge is -2.02. The number of carbonyl (C=O) groups is 1. The zero-order valence-electron chi connectivity index (χ0n) is 8.40. The Morgan fingerprint density at radius 1 is 1.47 bits per heavy atom. The minimum atomic E-state index is -1.02. The van der Waals surface area contributed by atoms with Crippen molar-refractivity contribution in [2.45, 2.75) is 6.92 Å². The Balaban J connectivity index is 3.17. The van der Waals surface area contributed by atoms with Crippen LogP contribution in [0, 0.1) is 6.92 Å². The summed E-state index contributed by atoms with van der Waals surface area (Å²) >= 11 is 0. The summed E-state index contributed by atoms with van der Waals surface area (Å²) in [4.78, 5) is 10.7. The van der Waals surface area contributed by atoms with Crippen molar-refractivity contribution in [1.29, 1.82) is 0 Å². The van der Waals surface area contributed by atoms with E-state index in [9.17, 15) is 9.90 Å². The summed E-state index contributed by atoms with van der Waals surface area (Å²) in [6.07, 6.45) is 2.80. The number of phenolic OH excluding ortho intramolecular Hbond substituents is 1. The van der Waals surface area contributed by atoms with Crippen LogP contribution in [0.15, 0.2) is 36.4 Å². The molecule has 3 heteroatoms. The maximum absolute atomic E-state index is 10.7. The molecule has 0 amide bonds. The fourth-order valence-electron chi connectivity index (χ4n) is 1.20. The summed E-state index contributed by atoms with van der Waals surface area (Å²) in [6.45, 7) is 5.23. The van der Waals surface area contributed by atoms with Crippen molar-refractivity contribution in [2.24, 2.45) is 0 Å². The van der Waals surface area contributed by atoms with Crippen LogP contribution in [0.5, 0.6) is 5.75 Å². The van der Waals surface area contributed by atoms with Crippen LogP contribution in [0.1, 0.15) is 11.1 Å². The van der Waals surface area contributed by atoms with E-state index < -0.39 is 5.97 Å². The molecule has 0 saturated carbocycles. The second kappa shape index (κ2) is 4.46. The third kappa shape index (κ3) is 2.71. The van der Waals surface area contributed by atoms with Crippen molar-refractivity contribution in [3.05, 3.63) is 47.6 Å². The topological polar surface area (TPSA) is 57.5 Å². The van der Waals surface area contributed by atoms with Crippen molar-refractivity contribution >= 4 is 12.0 Å². The van der Waals surface area contributed by atoms with Crippen molar-refractivity contribution in [2.75, 3.05) is 0 Å². The summed E-state index contributed by atoms with van der Waals surface area (Å²) in [5.74, 6) is -0.849. The molecule has 0 atom stereocenters. The van der Waals surface area contributed by atoms with E-state index in [0.717, 1.165) is 11.1 Å². The lowest BCUT2D eigenvalue weighted by atomic mass is 10.1. The van der Waals surface area contributed by atoms with Gasteiger partial charge < -0.3 is 10.2 Å². The van der Waals surface area contributed by atoms with Crippen LogP contribution in [-0.2, 0) is 4.79 Å². The van der Waals surface area contributed by atoms with Crippen LogP contribution in [0.25, 0.3) is 6.08 Å². The van der Waals surface area contributed by atoms with E-state index in [0.29, 0.717) is 0 Å². The molecular formula is C12H12O3. The maximum Gasteiger partial charge on any atom is 0.335 e. The molecule has 1 rings (SSSR count). The Morgan fingerprint density at radius 3 is 2.60 bits per heavy atom.